The zero-order chi connectivity index (χ0) is 21.0. The third-order valence-corrected chi connectivity index (χ3v) is 9.55. The number of aromatic nitrogens is 1. The van der Waals surface area contributed by atoms with Crippen molar-refractivity contribution in [2.45, 2.75) is 6.92 Å². The molecule has 5 aromatic rings. The molecular formula is C28H21NSe2. The van der Waals surface area contributed by atoms with E-state index < -0.39 is 0 Å². The summed E-state index contributed by atoms with van der Waals surface area (Å²) >= 11 is 0.318. The Kier molecular flexibility index (Phi) is 6.02. The van der Waals surface area contributed by atoms with E-state index >= 15 is 0 Å². The first-order valence-electron chi connectivity index (χ1n) is 10.2. The van der Waals surface area contributed by atoms with Gasteiger partial charge < -0.3 is 0 Å². The molecule has 0 aliphatic heterocycles. The van der Waals surface area contributed by atoms with Crippen molar-refractivity contribution in [1.29, 1.82) is 0 Å². The van der Waals surface area contributed by atoms with E-state index in [0.29, 0.717) is 0 Å². The van der Waals surface area contributed by atoms with E-state index in [9.17, 15) is 0 Å². The fourth-order valence-electron chi connectivity index (χ4n) is 3.52. The number of hydrogen-bond acceptors (Lipinski definition) is 1. The van der Waals surface area contributed by atoms with Gasteiger partial charge in [0.1, 0.15) is 0 Å². The predicted molar refractivity (Wildman–Crippen MR) is 135 cm³/mol. The summed E-state index contributed by atoms with van der Waals surface area (Å²) in [4.78, 5) is 5.21. The SMILES string of the molecule is Cc1ccc(-c2c([Se]c3ccccc3)nc3ccccc3c2[Se]c2ccccc2)cc1. The van der Waals surface area contributed by atoms with Crippen LogP contribution in [0.2, 0.25) is 0 Å². The quantitative estimate of drug-likeness (QED) is 0.318. The number of fused-ring (bicyclic) bond motifs is 1. The molecule has 0 saturated heterocycles. The molecule has 31 heavy (non-hydrogen) atoms. The van der Waals surface area contributed by atoms with Gasteiger partial charge in [-0.25, -0.2) is 0 Å². The summed E-state index contributed by atoms with van der Waals surface area (Å²) in [6.45, 7) is 2.14. The second-order valence-corrected chi connectivity index (χ2v) is 11.8. The van der Waals surface area contributed by atoms with Crippen LogP contribution < -0.4 is 18.0 Å². The molecular weight excluding hydrogens is 508 g/mol. The molecule has 0 fully saturated rings. The Hall–Kier alpha value is -2.67. The topological polar surface area (TPSA) is 12.9 Å². The van der Waals surface area contributed by atoms with Gasteiger partial charge in [0.15, 0.2) is 0 Å². The molecule has 1 heterocycles. The number of rotatable bonds is 5. The third kappa shape index (κ3) is 4.51. The van der Waals surface area contributed by atoms with Gasteiger partial charge in [-0.15, -0.1) is 0 Å². The first-order valence-corrected chi connectivity index (χ1v) is 13.7. The fourth-order valence-corrected chi connectivity index (χ4v) is 8.28. The summed E-state index contributed by atoms with van der Waals surface area (Å²) in [6, 6.07) is 39.2. The summed E-state index contributed by atoms with van der Waals surface area (Å²) in [5.74, 6) is 0. The van der Waals surface area contributed by atoms with Gasteiger partial charge in [0.2, 0.25) is 0 Å². The molecule has 3 heteroatoms. The van der Waals surface area contributed by atoms with Crippen LogP contribution in [0.25, 0.3) is 22.0 Å². The second-order valence-electron chi connectivity index (χ2n) is 7.33. The average Bonchev–Trinajstić information content (AvgIpc) is 2.81. The van der Waals surface area contributed by atoms with E-state index in [4.69, 9.17) is 4.98 Å². The number of para-hydroxylation sites is 1. The van der Waals surface area contributed by atoms with Crippen molar-refractivity contribution in [3.63, 3.8) is 0 Å². The molecule has 5 rings (SSSR count). The molecule has 0 atom stereocenters. The first-order chi connectivity index (χ1) is 15.3. The van der Waals surface area contributed by atoms with Gasteiger partial charge in [-0.05, 0) is 0 Å². The van der Waals surface area contributed by atoms with Crippen molar-refractivity contribution >= 4 is 58.8 Å². The van der Waals surface area contributed by atoms with Crippen molar-refractivity contribution in [3.8, 4) is 11.1 Å². The molecule has 4 aromatic carbocycles. The molecule has 0 unspecified atom stereocenters. The van der Waals surface area contributed by atoms with Crippen LogP contribution in [0.5, 0.6) is 0 Å². The van der Waals surface area contributed by atoms with E-state index in [1.54, 1.807) is 0 Å². The summed E-state index contributed by atoms with van der Waals surface area (Å²) < 4.78 is 5.39. The number of nitrogens with zero attached hydrogens (tertiary/aromatic N) is 1. The van der Waals surface area contributed by atoms with Crippen LogP contribution in [0.3, 0.4) is 0 Å². The van der Waals surface area contributed by atoms with Crippen LogP contribution in [0.15, 0.2) is 109 Å². The summed E-state index contributed by atoms with van der Waals surface area (Å²) in [7, 11) is 0. The van der Waals surface area contributed by atoms with Gasteiger partial charge in [0.05, 0.1) is 0 Å². The standard InChI is InChI=1S/C28H21NSe2/c1-20-16-18-21(19-17-20)26-27(30-22-10-4-2-5-11-22)24-14-8-9-15-25(24)29-28(26)31-23-12-6-3-7-13-23/h2-19H,1H3. The molecule has 0 amide bonds. The number of aryl methyl sites for hydroxylation is 1. The van der Waals surface area contributed by atoms with Gasteiger partial charge in [0, 0.05) is 0 Å². The fraction of sp³-hybridized carbons (Fsp3) is 0.0357. The van der Waals surface area contributed by atoms with Crippen molar-refractivity contribution < 1.29 is 0 Å². The third-order valence-electron chi connectivity index (χ3n) is 5.07. The summed E-state index contributed by atoms with van der Waals surface area (Å²) in [5.41, 5.74) is 4.97. The molecule has 0 aliphatic carbocycles. The molecule has 0 aliphatic rings. The van der Waals surface area contributed by atoms with Gasteiger partial charge >= 0.3 is 197 Å². The van der Waals surface area contributed by atoms with Crippen molar-refractivity contribution in [2.24, 2.45) is 0 Å². The number of hydrogen-bond donors (Lipinski definition) is 0. The van der Waals surface area contributed by atoms with Crippen LogP contribution in [0.4, 0.5) is 0 Å². The van der Waals surface area contributed by atoms with E-state index in [-0.39, 0.29) is 29.9 Å². The monoisotopic (exact) mass is 531 g/mol. The molecule has 1 aromatic heterocycles. The van der Waals surface area contributed by atoms with Crippen molar-refractivity contribution in [1.82, 2.24) is 4.98 Å². The van der Waals surface area contributed by atoms with Crippen LogP contribution in [-0.4, -0.2) is 34.9 Å². The summed E-state index contributed by atoms with van der Waals surface area (Å²) in [6.07, 6.45) is 0. The Morgan fingerprint density at radius 3 is 1.84 bits per heavy atom. The Morgan fingerprint density at radius 2 is 1.16 bits per heavy atom. The maximum absolute atomic E-state index is 5.21. The second kappa shape index (κ2) is 9.22. The van der Waals surface area contributed by atoms with Gasteiger partial charge in [-0.2, -0.15) is 0 Å². The summed E-state index contributed by atoms with van der Waals surface area (Å²) in [5, 5.41) is 1.27. The van der Waals surface area contributed by atoms with Gasteiger partial charge in [-0.3, -0.25) is 0 Å². The van der Waals surface area contributed by atoms with E-state index in [2.05, 4.69) is 116 Å². The van der Waals surface area contributed by atoms with Crippen molar-refractivity contribution in [3.05, 3.63) is 115 Å². The van der Waals surface area contributed by atoms with Gasteiger partial charge in [-0.1, -0.05) is 0 Å². The zero-order valence-corrected chi connectivity index (χ0v) is 20.6. The Labute approximate surface area is 195 Å². The Balaban J connectivity index is 1.77. The van der Waals surface area contributed by atoms with E-state index in [0.717, 1.165) is 5.52 Å². The number of benzene rings is 4. The maximum atomic E-state index is 5.21. The van der Waals surface area contributed by atoms with E-state index in [1.807, 2.05) is 0 Å². The van der Waals surface area contributed by atoms with Crippen LogP contribution in [0, 0.1) is 6.92 Å². The molecule has 0 radical (unpaired) electrons. The van der Waals surface area contributed by atoms with Gasteiger partial charge in [0.25, 0.3) is 0 Å². The molecule has 0 bridgehead atoms. The number of pyridine rings is 1. The van der Waals surface area contributed by atoms with Crippen LogP contribution in [0.1, 0.15) is 5.56 Å². The minimum atomic E-state index is 0.132. The van der Waals surface area contributed by atoms with Crippen LogP contribution >= 0.6 is 0 Å². The normalized spacial score (nSPS) is 11.0. The Bertz CT molecular complexity index is 1310. The van der Waals surface area contributed by atoms with Crippen molar-refractivity contribution in [2.75, 3.05) is 0 Å². The molecule has 0 spiro atoms. The van der Waals surface area contributed by atoms with E-state index in [1.165, 1.54) is 40.1 Å². The molecule has 1 nitrogen and oxygen atoms in total. The Morgan fingerprint density at radius 1 is 0.581 bits per heavy atom. The molecule has 150 valence electrons. The molecule has 0 N–H and O–H groups in total. The van der Waals surface area contributed by atoms with Crippen LogP contribution in [-0.2, 0) is 0 Å². The zero-order valence-electron chi connectivity index (χ0n) is 17.2. The first kappa shape index (κ1) is 20.2. The average molecular weight is 529 g/mol. The predicted octanol–water partition coefficient (Wildman–Crippen LogP) is 3.52. The minimum absolute atomic E-state index is 0.132. The molecule has 0 saturated carbocycles.